The van der Waals surface area contributed by atoms with Gasteiger partial charge in [0.15, 0.2) is 0 Å². The van der Waals surface area contributed by atoms with Gasteiger partial charge in [0.25, 0.3) is 0 Å². The topological polar surface area (TPSA) is 35.2 Å². The molecular formula is C12H18ClNO. The second-order valence-electron chi connectivity index (χ2n) is 4.16. The maximum atomic E-state index is 5.90. The summed E-state index contributed by atoms with van der Waals surface area (Å²) in [5.41, 5.74) is 5.90. The van der Waals surface area contributed by atoms with Crippen LogP contribution in [0.25, 0.3) is 0 Å². The van der Waals surface area contributed by atoms with Crippen LogP contribution < -0.4 is 10.5 Å². The average molecular weight is 228 g/mol. The molecule has 84 valence electrons. The van der Waals surface area contributed by atoms with Crippen molar-refractivity contribution in [2.75, 3.05) is 6.61 Å². The minimum atomic E-state index is 0.0870. The zero-order valence-electron chi connectivity index (χ0n) is 9.24. The maximum absolute atomic E-state index is 5.90. The lowest BCUT2D eigenvalue weighted by molar-refractivity contribution is 0.271. The van der Waals surface area contributed by atoms with Crippen LogP contribution in [-0.2, 0) is 0 Å². The van der Waals surface area contributed by atoms with E-state index in [1.165, 1.54) is 0 Å². The second kappa shape index (κ2) is 5.99. The van der Waals surface area contributed by atoms with Crippen LogP contribution in [0.4, 0.5) is 0 Å². The van der Waals surface area contributed by atoms with Gasteiger partial charge in [0.2, 0.25) is 0 Å². The summed E-state index contributed by atoms with van der Waals surface area (Å²) in [4.78, 5) is 0. The number of benzene rings is 1. The van der Waals surface area contributed by atoms with Gasteiger partial charge in [-0.05, 0) is 30.5 Å². The molecule has 1 atom stereocenters. The summed E-state index contributed by atoms with van der Waals surface area (Å²) in [6.07, 6.45) is 0.973. The van der Waals surface area contributed by atoms with Crippen molar-refractivity contribution in [2.45, 2.75) is 26.3 Å². The predicted molar refractivity (Wildman–Crippen MR) is 64.4 cm³/mol. The third-order valence-electron chi connectivity index (χ3n) is 2.03. The average Bonchev–Trinajstić information content (AvgIpc) is 2.14. The largest absolute Gasteiger partial charge is 0.492 e. The summed E-state index contributed by atoms with van der Waals surface area (Å²) in [7, 11) is 0. The number of hydrogen-bond donors (Lipinski definition) is 1. The molecule has 0 aliphatic rings. The van der Waals surface area contributed by atoms with Gasteiger partial charge in [0.05, 0.1) is 0 Å². The molecule has 2 N–H and O–H groups in total. The van der Waals surface area contributed by atoms with Crippen LogP contribution in [0.15, 0.2) is 24.3 Å². The Kier molecular flexibility index (Phi) is 4.92. The van der Waals surface area contributed by atoms with Crippen LogP contribution in [0, 0.1) is 5.92 Å². The zero-order chi connectivity index (χ0) is 11.3. The highest BCUT2D eigenvalue weighted by atomic mass is 35.5. The standard InChI is InChI=1S/C12H18ClNO/c1-9(2)6-11(14)8-15-12-5-3-4-10(13)7-12/h3-5,7,9,11H,6,8,14H2,1-2H3. The van der Waals surface area contributed by atoms with Crippen molar-refractivity contribution in [3.05, 3.63) is 29.3 Å². The molecule has 1 unspecified atom stereocenters. The first-order chi connectivity index (χ1) is 7.08. The third kappa shape index (κ3) is 5.05. The highest BCUT2D eigenvalue weighted by molar-refractivity contribution is 6.30. The minimum absolute atomic E-state index is 0.0870. The van der Waals surface area contributed by atoms with Crippen molar-refractivity contribution in [2.24, 2.45) is 11.7 Å². The van der Waals surface area contributed by atoms with Crippen molar-refractivity contribution in [3.63, 3.8) is 0 Å². The van der Waals surface area contributed by atoms with E-state index in [1.54, 1.807) is 6.07 Å². The summed E-state index contributed by atoms with van der Waals surface area (Å²) < 4.78 is 5.54. The molecule has 2 nitrogen and oxygen atoms in total. The number of halogens is 1. The van der Waals surface area contributed by atoms with Crippen LogP contribution in [0.1, 0.15) is 20.3 Å². The number of ether oxygens (including phenoxy) is 1. The Morgan fingerprint density at radius 1 is 1.40 bits per heavy atom. The minimum Gasteiger partial charge on any atom is -0.492 e. The fourth-order valence-corrected chi connectivity index (χ4v) is 1.61. The lowest BCUT2D eigenvalue weighted by atomic mass is 10.1. The fourth-order valence-electron chi connectivity index (χ4n) is 1.43. The molecule has 1 aromatic carbocycles. The van der Waals surface area contributed by atoms with Crippen LogP contribution in [-0.4, -0.2) is 12.6 Å². The van der Waals surface area contributed by atoms with Crippen molar-refractivity contribution in [1.82, 2.24) is 0 Å². The number of rotatable bonds is 5. The zero-order valence-corrected chi connectivity index (χ0v) is 10.00. The van der Waals surface area contributed by atoms with E-state index in [-0.39, 0.29) is 6.04 Å². The third-order valence-corrected chi connectivity index (χ3v) is 2.27. The quantitative estimate of drug-likeness (QED) is 0.839. The highest BCUT2D eigenvalue weighted by Gasteiger charge is 2.06. The van der Waals surface area contributed by atoms with Gasteiger partial charge in [0, 0.05) is 11.1 Å². The van der Waals surface area contributed by atoms with E-state index in [2.05, 4.69) is 13.8 Å². The van der Waals surface area contributed by atoms with Crippen LogP contribution in [0.3, 0.4) is 0 Å². The SMILES string of the molecule is CC(C)CC(N)COc1cccc(Cl)c1. The van der Waals surface area contributed by atoms with E-state index in [4.69, 9.17) is 22.1 Å². The fraction of sp³-hybridized carbons (Fsp3) is 0.500. The first-order valence-corrected chi connectivity index (χ1v) is 5.59. The number of nitrogens with two attached hydrogens (primary N) is 1. The Hall–Kier alpha value is -0.730. The molecule has 3 heteroatoms. The molecule has 15 heavy (non-hydrogen) atoms. The normalized spacial score (nSPS) is 12.9. The Balaban J connectivity index is 2.36. The highest BCUT2D eigenvalue weighted by Crippen LogP contribution is 2.17. The first kappa shape index (κ1) is 12.3. The summed E-state index contributed by atoms with van der Waals surface area (Å²) in [5, 5.41) is 0.685. The van der Waals surface area contributed by atoms with E-state index >= 15 is 0 Å². The molecule has 0 heterocycles. The molecule has 0 spiro atoms. The van der Waals surface area contributed by atoms with Gasteiger partial charge in [-0.1, -0.05) is 31.5 Å². The van der Waals surface area contributed by atoms with E-state index in [0.717, 1.165) is 12.2 Å². The molecule has 1 aromatic rings. The lowest BCUT2D eigenvalue weighted by Gasteiger charge is -2.15. The van der Waals surface area contributed by atoms with Crippen molar-refractivity contribution >= 4 is 11.6 Å². The van der Waals surface area contributed by atoms with E-state index < -0.39 is 0 Å². The maximum Gasteiger partial charge on any atom is 0.120 e. The van der Waals surface area contributed by atoms with E-state index in [1.807, 2.05) is 18.2 Å². The Morgan fingerprint density at radius 2 is 2.13 bits per heavy atom. The van der Waals surface area contributed by atoms with Gasteiger partial charge < -0.3 is 10.5 Å². The van der Waals surface area contributed by atoms with Gasteiger partial charge >= 0.3 is 0 Å². The molecule has 0 saturated carbocycles. The van der Waals surface area contributed by atoms with Crippen LogP contribution in [0.5, 0.6) is 5.75 Å². The van der Waals surface area contributed by atoms with Gasteiger partial charge in [-0.2, -0.15) is 0 Å². The van der Waals surface area contributed by atoms with Gasteiger partial charge in [-0.25, -0.2) is 0 Å². The van der Waals surface area contributed by atoms with Crippen molar-refractivity contribution in [1.29, 1.82) is 0 Å². The molecule has 0 aliphatic heterocycles. The molecule has 0 bridgehead atoms. The predicted octanol–water partition coefficient (Wildman–Crippen LogP) is 3.09. The molecule has 0 aromatic heterocycles. The molecule has 0 amide bonds. The van der Waals surface area contributed by atoms with E-state index in [0.29, 0.717) is 17.5 Å². The van der Waals surface area contributed by atoms with Gasteiger partial charge in [-0.3, -0.25) is 0 Å². The molecule has 0 fully saturated rings. The van der Waals surface area contributed by atoms with E-state index in [9.17, 15) is 0 Å². The molecular weight excluding hydrogens is 210 g/mol. The molecule has 0 radical (unpaired) electrons. The van der Waals surface area contributed by atoms with Crippen molar-refractivity contribution in [3.8, 4) is 5.75 Å². The summed E-state index contributed by atoms with van der Waals surface area (Å²) in [5.74, 6) is 1.38. The molecule has 0 saturated heterocycles. The van der Waals surface area contributed by atoms with Crippen molar-refractivity contribution < 1.29 is 4.74 Å². The first-order valence-electron chi connectivity index (χ1n) is 5.22. The van der Waals surface area contributed by atoms with Gasteiger partial charge in [-0.15, -0.1) is 0 Å². The Bertz CT molecular complexity index is 301. The van der Waals surface area contributed by atoms with Crippen LogP contribution >= 0.6 is 11.6 Å². The second-order valence-corrected chi connectivity index (χ2v) is 4.59. The Labute approximate surface area is 96.4 Å². The lowest BCUT2D eigenvalue weighted by Crippen LogP contribution is -2.29. The molecule has 0 aliphatic carbocycles. The smallest absolute Gasteiger partial charge is 0.120 e. The Morgan fingerprint density at radius 3 is 2.73 bits per heavy atom. The number of hydrogen-bond acceptors (Lipinski definition) is 2. The van der Waals surface area contributed by atoms with Crippen LogP contribution in [0.2, 0.25) is 5.02 Å². The summed E-state index contributed by atoms with van der Waals surface area (Å²) in [6.45, 7) is 4.84. The molecule has 1 rings (SSSR count). The monoisotopic (exact) mass is 227 g/mol. The summed E-state index contributed by atoms with van der Waals surface area (Å²) in [6, 6.07) is 7.45. The summed E-state index contributed by atoms with van der Waals surface area (Å²) >= 11 is 5.83. The van der Waals surface area contributed by atoms with Gasteiger partial charge in [0.1, 0.15) is 12.4 Å².